The summed E-state index contributed by atoms with van der Waals surface area (Å²) >= 11 is 2.94. The van der Waals surface area contributed by atoms with Gasteiger partial charge < -0.3 is 4.90 Å². The van der Waals surface area contributed by atoms with Gasteiger partial charge in [-0.25, -0.2) is 0 Å². The Kier molecular flexibility index (Phi) is 17.6. The first-order valence-electron chi connectivity index (χ1n) is 25.2. The van der Waals surface area contributed by atoms with Crippen LogP contribution in [-0.2, 0) is 20.4 Å². The van der Waals surface area contributed by atoms with Crippen molar-refractivity contribution in [3.63, 3.8) is 0 Å². The Hall–Kier alpha value is -4.35. The summed E-state index contributed by atoms with van der Waals surface area (Å²) in [5, 5.41) is 5.28. The first-order chi connectivity index (χ1) is 31.5. The normalized spacial score (nSPS) is 18.9. The summed E-state index contributed by atoms with van der Waals surface area (Å²) < 4.78 is 2.59. The van der Waals surface area contributed by atoms with Crippen molar-refractivity contribution in [1.29, 1.82) is 0 Å². The molecule has 2 heterocycles. The second-order valence-electron chi connectivity index (χ2n) is 19.6. The maximum Gasteiger partial charge on any atom is 0.210 e. The number of carbonyl (C=O) groups is 2. The number of alkyl halides is 1. The third kappa shape index (κ3) is 11.3. The smallest absolute Gasteiger partial charge is 0.210 e. The zero-order valence-electron chi connectivity index (χ0n) is 41.4. The molecule has 8 rings (SSSR count). The van der Waals surface area contributed by atoms with Crippen molar-refractivity contribution >= 4 is 66.1 Å². The van der Waals surface area contributed by atoms with Crippen LogP contribution in [0.2, 0.25) is 0 Å². The lowest BCUT2D eigenvalue weighted by Gasteiger charge is -2.27. The Labute approximate surface area is 401 Å². The predicted octanol–water partition coefficient (Wildman–Crippen LogP) is 16.4. The number of nitrogens with zero attached hydrogens (tertiary/aromatic N) is 2. The molecular weight excluding hydrogens is 861 g/mol. The predicted molar refractivity (Wildman–Crippen MR) is 284 cm³/mol. The van der Waals surface area contributed by atoms with Gasteiger partial charge in [0.05, 0.1) is 5.41 Å². The van der Waals surface area contributed by atoms with E-state index in [0.29, 0.717) is 23.9 Å². The van der Waals surface area contributed by atoms with E-state index in [0.717, 1.165) is 96.6 Å². The number of rotatable bonds is 18. The van der Waals surface area contributed by atoms with Crippen LogP contribution in [0.5, 0.6) is 0 Å². The van der Waals surface area contributed by atoms with Crippen molar-refractivity contribution in [2.75, 3.05) is 23.8 Å². The molecule has 4 aromatic carbocycles. The van der Waals surface area contributed by atoms with Crippen molar-refractivity contribution in [3.8, 4) is 0 Å². The molecular formula is C60H78BrN2O2+. The SMILES string of the molecule is CBr.CC.CCC(C)C(=O)CCCCCN1/C(=C/C=C2C=C(/C=C/C3=[N+](CCCCCC(=O)C4CC4)c4ccc5ccccc5c4C3(C)C)CCC/2)C(C)(C)c2c1ccc1ccccc21. The monoisotopic (exact) mass is 938 g/mol. The molecule has 346 valence electrons. The summed E-state index contributed by atoms with van der Waals surface area (Å²) in [4.78, 5) is 27.6. The van der Waals surface area contributed by atoms with Crippen LogP contribution in [0, 0.1) is 11.8 Å². The van der Waals surface area contributed by atoms with Gasteiger partial charge in [0.25, 0.3) is 0 Å². The number of hydrogen-bond donors (Lipinski definition) is 0. The maximum atomic E-state index is 12.6. The van der Waals surface area contributed by atoms with Crippen LogP contribution in [-0.4, -0.2) is 40.8 Å². The van der Waals surface area contributed by atoms with E-state index in [4.69, 9.17) is 0 Å². The Morgan fingerprint density at radius 1 is 0.754 bits per heavy atom. The van der Waals surface area contributed by atoms with Gasteiger partial charge >= 0.3 is 0 Å². The molecule has 65 heavy (non-hydrogen) atoms. The lowest BCUT2D eigenvalue weighted by Crippen LogP contribution is -2.28. The van der Waals surface area contributed by atoms with Gasteiger partial charge in [-0.3, -0.25) is 9.59 Å². The van der Waals surface area contributed by atoms with Crippen LogP contribution < -0.4 is 4.90 Å². The van der Waals surface area contributed by atoms with Crippen LogP contribution in [0.25, 0.3) is 21.5 Å². The van der Waals surface area contributed by atoms with Crippen molar-refractivity contribution in [3.05, 3.63) is 131 Å². The molecule has 0 spiro atoms. The number of unbranched alkanes of at least 4 members (excludes halogenated alkanes) is 4. The van der Waals surface area contributed by atoms with Crippen molar-refractivity contribution < 1.29 is 14.2 Å². The van der Waals surface area contributed by atoms with Crippen molar-refractivity contribution in [1.82, 2.24) is 0 Å². The standard InChI is InChI=1S/C57H69N2O2.C2H6.CH3Br/c1-7-40(2)50(60)25-10-8-16-37-58-48-33-31-43-21-12-14-23-46(43)54(48)56(3,4)52(58)35-27-41-19-18-20-42(39-41)28-36-53-57(5,6)55-47-24-15-13-22-44(47)32-34-49(55)59(53)38-17-9-11-26-51(61)45-29-30-45;2*1-2/h12-15,21-24,27-28,31-36,39-40,45H,7-11,16-20,25-26,29-30,37-38H2,1-6H3;1-2H3;1H3/q+1;;. The van der Waals surface area contributed by atoms with Crippen molar-refractivity contribution in [2.24, 2.45) is 11.8 Å². The average Bonchev–Trinajstić information content (AvgIpc) is 4.12. The highest BCUT2D eigenvalue weighted by atomic mass is 79.9. The topological polar surface area (TPSA) is 40.4 Å². The molecule has 4 aromatic rings. The van der Waals surface area contributed by atoms with Gasteiger partial charge in [0.15, 0.2) is 5.71 Å². The van der Waals surface area contributed by atoms with Crippen LogP contribution in [0.15, 0.2) is 120 Å². The summed E-state index contributed by atoms with van der Waals surface area (Å²) in [6.45, 7) is 19.7. The summed E-state index contributed by atoms with van der Waals surface area (Å²) in [6.07, 6.45) is 26.3. The molecule has 1 atom stereocenters. The minimum Gasteiger partial charge on any atom is -0.344 e. The fourth-order valence-electron chi connectivity index (χ4n) is 10.6. The highest BCUT2D eigenvalue weighted by Gasteiger charge is 2.45. The van der Waals surface area contributed by atoms with Gasteiger partial charge in [0.2, 0.25) is 5.69 Å². The maximum absolute atomic E-state index is 12.6. The number of benzene rings is 4. The number of fused-ring (bicyclic) bond motifs is 6. The Morgan fingerprint density at radius 3 is 2.09 bits per heavy atom. The fourth-order valence-corrected chi connectivity index (χ4v) is 10.6. The minimum absolute atomic E-state index is 0.146. The number of carbonyl (C=O) groups excluding carboxylic acids is 2. The molecule has 2 aliphatic carbocycles. The van der Waals surface area contributed by atoms with E-state index in [1.54, 1.807) is 0 Å². The largest absolute Gasteiger partial charge is 0.344 e. The van der Waals surface area contributed by atoms with E-state index >= 15 is 0 Å². The zero-order chi connectivity index (χ0) is 46.7. The van der Waals surface area contributed by atoms with Gasteiger partial charge in [-0.1, -0.05) is 137 Å². The van der Waals surface area contributed by atoms with E-state index in [-0.39, 0.29) is 16.7 Å². The molecule has 1 fully saturated rings. The Balaban J connectivity index is 0.00000170. The molecule has 4 aliphatic rings. The van der Waals surface area contributed by atoms with Crippen LogP contribution in [0.3, 0.4) is 0 Å². The summed E-state index contributed by atoms with van der Waals surface area (Å²) in [7, 11) is 0. The Morgan fingerprint density at radius 2 is 1.40 bits per heavy atom. The minimum atomic E-state index is -0.152. The van der Waals surface area contributed by atoms with Gasteiger partial charge in [-0.05, 0) is 140 Å². The molecule has 5 heteroatoms. The number of halogens is 1. The van der Waals surface area contributed by atoms with Gasteiger partial charge in [-0.15, -0.1) is 0 Å². The molecule has 2 aliphatic heterocycles. The molecule has 0 bridgehead atoms. The van der Waals surface area contributed by atoms with Crippen LogP contribution in [0.4, 0.5) is 11.4 Å². The zero-order valence-corrected chi connectivity index (χ0v) is 43.0. The van der Waals surface area contributed by atoms with E-state index in [1.807, 2.05) is 19.7 Å². The molecule has 0 amide bonds. The van der Waals surface area contributed by atoms with E-state index in [2.05, 4.69) is 170 Å². The quantitative estimate of drug-likeness (QED) is 0.0567. The van der Waals surface area contributed by atoms with E-state index in [1.165, 1.54) is 66.6 Å². The number of hydrogen-bond acceptors (Lipinski definition) is 3. The highest BCUT2D eigenvalue weighted by Crippen LogP contribution is 2.51. The van der Waals surface area contributed by atoms with Crippen LogP contribution >= 0.6 is 15.9 Å². The lowest BCUT2D eigenvalue weighted by molar-refractivity contribution is -0.438. The van der Waals surface area contributed by atoms with Gasteiger partial charge in [0.1, 0.15) is 18.1 Å². The molecule has 0 N–H and O–H groups in total. The second kappa shape index (κ2) is 22.9. The third-order valence-corrected chi connectivity index (χ3v) is 14.5. The second-order valence-corrected chi connectivity index (χ2v) is 19.6. The summed E-state index contributed by atoms with van der Waals surface area (Å²) in [5.74, 6) is 3.25. The molecule has 0 saturated heterocycles. The lowest BCUT2D eigenvalue weighted by atomic mass is 9.79. The van der Waals surface area contributed by atoms with E-state index < -0.39 is 0 Å². The first kappa shape index (κ1) is 50.1. The Bertz CT molecular complexity index is 2470. The third-order valence-electron chi connectivity index (χ3n) is 14.5. The number of ketones is 2. The molecule has 0 radical (unpaired) electrons. The summed E-state index contributed by atoms with van der Waals surface area (Å²) in [5.41, 5.74) is 10.7. The van der Waals surface area contributed by atoms with Gasteiger partial charge in [0, 0.05) is 72.1 Å². The number of Topliss-reactive ketones (excluding diaryl/α,β-unsaturated/α-hetero) is 2. The molecule has 4 nitrogen and oxygen atoms in total. The van der Waals surface area contributed by atoms with Crippen LogP contribution in [0.1, 0.15) is 156 Å². The van der Waals surface area contributed by atoms with Gasteiger partial charge in [-0.2, -0.15) is 4.58 Å². The molecule has 1 saturated carbocycles. The average molecular weight is 939 g/mol. The number of anilines is 1. The fraction of sp³-hybridized carbons (Fsp3) is 0.483. The highest BCUT2D eigenvalue weighted by molar-refractivity contribution is 9.08. The number of allylic oxidation sites excluding steroid dienone is 8. The van der Waals surface area contributed by atoms with E-state index in [9.17, 15) is 9.59 Å². The molecule has 0 aromatic heterocycles. The summed E-state index contributed by atoms with van der Waals surface area (Å²) in [6, 6.07) is 27.0. The molecule has 1 unspecified atom stereocenters. The first-order valence-corrected chi connectivity index (χ1v) is 26.8. The van der Waals surface area contributed by atoms with Crippen molar-refractivity contribution in [2.45, 2.75) is 156 Å².